The van der Waals surface area contributed by atoms with E-state index in [0.717, 1.165) is 12.0 Å². The summed E-state index contributed by atoms with van der Waals surface area (Å²) in [6, 6.07) is 6.20. The molecule has 68 valence electrons. The fourth-order valence-electron chi connectivity index (χ4n) is 1.42. The fourth-order valence-corrected chi connectivity index (χ4v) is 1.42. The van der Waals surface area contributed by atoms with E-state index in [4.69, 9.17) is 5.73 Å². The minimum absolute atomic E-state index is 1.02. The Kier molecular flexibility index (Phi) is 3.32. The van der Waals surface area contributed by atoms with Gasteiger partial charge in [0.05, 0.1) is 0 Å². The highest BCUT2D eigenvalue weighted by Gasteiger charge is 2.00. The molecule has 0 aliphatic rings. The molecule has 1 heteroatoms. The van der Waals surface area contributed by atoms with E-state index in [9.17, 15) is 0 Å². The molecule has 0 bridgehead atoms. The van der Waals surface area contributed by atoms with Crippen molar-refractivity contribution in [3.63, 3.8) is 0 Å². The van der Waals surface area contributed by atoms with E-state index >= 15 is 0 Å². The van der Waals surface area contributed by atoms with Crippen LogP contribution in [-0.4, -0.2) is 0 Å². The highest BCUT2D eigenvalue weighted by atomic mass is 14.5. The first-order valence-corrected chi connectivity index (χ1v) is 4.46. The zero-order valence-electron chi connectivity index (χ0n) is 7.96. The Bertz CT molecular complexity index is 324. The molecule has 0 aliphatic carbocycles. The lowest BCUT2D eigenvalue weighted by molar-refractivity contribution is 1.13. The van der Waals surface area contributed by atoms with Gasteiger partial charge in [0.25, 0.3) is 0 Å². The molecule has 0 unspecified atom stereocenters. The summed E-state index contributed by atoms with van der Waals surface area (Å²) in [6.45, 7) is 5.91. The predicted molar refractivity (Wildman–Crippen MR) is 59.1 cm³/mol. The summed E-state index contributed by atoms with van der Waals surface area (Å²) in [5.74, 6) is 0. The third-order valence-corrected chi connectivity index (χ3v) is 2.09. The molecule has 0 heterocycles. The van der Waals surface area contributed by atoms with Crippen LogP contribution in [0.3, 0.4) is 0 Å². The molecule has 0 aliphatic heterocycles. The number of nitrogens with two attached hydrogens (primary N) is 1. The van der Waals surface area contributed by atoms with Crippen LogP contribution in [0.2, 0.25) is 0 Å². The lowest BCUT2D eigenvalue weighted by atomic mass is 9.99. The second kappa shape index (κ2) is 4.51. The van der Waals surface area contributed by atoms with Crippen LogP contribution in [0.15, 0.2) is 31.0 Å². The van der Waals surface area contributed by atoms with Crippen LogP contribution in [0.5, 0.6) is 0 Å². The monoisotopic (exact) mass is 173 g/mol. The molecule has 0 spiro atoms. The van der Waals surface area contributed by atoms with Gasteiger partial charge >= 0.3 is 0 Å². The summed E-state index contributed by atoms with van der Waals surface area (Å²) >= 11 is 0. The Morgan fingerprint density at radius 2 is 2.23 bits per heavy atom. The van der Waals surface area contributed by atoms with Gasteiger partial charge in [-0.3, -0.25) is 0 Å². The molecule has 0 radical (unpaired) electrons. The molecule has 1 nitrogen and oxygen atoms in total. The molecule has 1 aromatic rings. The van der Waals surface area contributed by atoms with E-state index < -0.39 is 0 Å². The molecular formula is C12H15N. The molecule has 0 fully saturated rings. The largest absolute Gasteiger partial charge is 0.405 e. The number of aryl methyl sites for hydroxylation is 1. The molecule has 2 N–H and O–H groups in total. The van der Waals surface area contributed by atoms with Gasteiger partial charge in [-0.25, -0.2) is 0 Å². The van der Waals surface area contributed by atoms with Crippen molar-refractivity contribution in [3.05, 3.63) is 47.7 Å². The first-order chi connectivity index (χ1) is 6.33. The van der Waals surface area contributed by atoms with Crippen LogP contribution in [0.1, 0.15) is 23.6 Å². The van der Waals surface area contributed by atoms with Gasteiger partial charge < -0.3 is 5.73 Å². The van der Waals surface area contributed by atoms with E-state index in [1.54, 1.807) is 6.20 Å². The highest BCUT2D eigenvalue weighted by Crippen LogP contribution is 2.17. The summed E-state index contributed by atoms with van der Waals surface area (Å²) < 4.78 is 0. The van der Waals surface area contributed by atoms with Crippen molar-refractivity contribution < 1.29 is 0 Å². The number of hydrogen-bond acceptors (Lipinski definition) is 1. The summed E-state index contributed by atoms with van der Waals surface area (Å²) in [4.78, 5) is 0. The summed E-state index contributed by atoms with van der Waals surface area (Å²) in [6.07, 6.45) is 6.37. The van der Waals surface area contributed by atoms with Crippen LogP contribution in [-0.2, 0) is 6.42 Å². The molecule has 0 aromatic heterocycles. The van der Waals surface area contributed by atoms with Crippen molar-refractivity contribution in [2.75, 3.05) is 0 Å². The van der Waals surface area contributed by atoms with Crippen LogP contribution < -0.4 is 5.73 Å². The van der Waals surface area contributed by atoms with E-state index in [0.29, 0.717) is 0 Å². The fraction of sp³-hybridized carbons (Fsp3) is 0.167. The van der Waals surface area contributed by atoms with Crippen LogP contribution in [0, 0.1) is 0 Å². The standard InChI is InChI=1S/C12H15N/c1-3-10-6-5-7-11(4-2)12(10)8-9-13/h3,5-9H,1,4,13H2,2H3/b9-8-. The molecule has 0 amide bonds. The van der Waals surface area contributed by atoms with Crippen molar-refractivity contribution >= 4 is 12.2 Å². The maximum Gasteiger partial charge on any atom is -0.00560 e. The second-order valence-corrected chi connectivity index (χ2v) is 2.84. The first kappa shape index (κ1) is 9.59. The number of hydrogen-bond donors (Lipinski definition) is 1. The van der Waals surface area contributed by atoms with E-state index in [1.165, 1.54) is 11.1 Å². The predicted octanol–water partition coefficient (Wildman–Crippen LogP) is 2.82. The van der Waals surface area contributed by atoms with E-state index in [1.807, 2.05) is 24.3 Å². The van der Waals surface area contributed by atoms with E-state index in [2.05, 4.69) is 19.6 Å². The smallest absolute Gasteiger partial charge is 0.00560 e. The lowest BCUT2D eigenvalue weighted by Crippen LogP contribution is -1.90. The number of benzene rings is 1. The zero-order valence-corrected chi connectivity index (χ0v) is 7.96. The third kappa shape index (κ3) is 2.00. The molecule has 0 atom stereocenters. The van der Waals surface area contributed by atoms with Gasteiger partial charge in [0.2, 0.25) is 0 Å². The van der Waals surface area contributed by atoms with Crippen LogP contribution in [0.25, 0.3) is 12.2 Å². The topological polar surface area (TPSA) is 26.0 Å². The minimum Gasteiger partial charge on any atom is -0.405 e. The Hall–Kier alpha value is -1.50. The minimum atomic E-state index is 1.02. The molecule has 0 saturated heterocycles. The van der Waals surface area contributed by atoms with Crippen molar-refractivity contribution in [2.24, 2.45) is 5.73 Å². The summed E-state index contributed by atoms with van der Waals surface area (Å²) in [5.41, 5.74) is 9.02. The van der Waals surface area contributed by atoms with Gasteiger partial charge in [0.1, 0.15) is 0 Å². The Labute approximate surface area is 79.6 Å². The maximum atomic E-state index is 5.39. The van der Waals surface area contributed by atoms with Gasteiger partial charge in [-0.1, -0.05) is 37.8 Å². The molecule has 1 rings (SSSR count). The van der Waals surface area contributed by atoms with Crippen LogP contribution in [0.4, 0.5) is 0 Å². The third-order valence-electron chi connectivity index (χ3n) is 2.09. The quantitative estimate of drug-likeness (QED) is 0.747. The Balaban J connectivity index is 3.28. The average molecular weight is 173 g/mol. The lowest BCUT2D eigenvalue weighted by Gasteiger charge is -2.06. The van der Waals surface area contributed by atoms with Gasteiger partial charge in [0, 0.05) is 0 Å². The maximum absolute atomic E-state index is 5.39. The van der Waals surface area contributed by atoms with Gasteiger partial charge in [-0.15, -0.1) is 0 Å². The van der Waals surface area contributed by atoms with E-state index in [-0.39, 0.29) is 0 Å². The molecular weight excluding hydrogens is 158 g/mol. The van der Waals surface area contributed by atoms with Crippen molar-refractivity contribution in [3.8, 4) is 0 Å². The SMILES string of the molecule is C=Cc1cccc(CC)c1/C=C\N. The Morgan fingerprint density at radius 1 is 1.46 bits per heavy atom. The van der Waals surface area contributed by atoms with Crippen LogP contribution >= 0.6 is 0 Å². The highest BCUT2D eigenvalue weighted by molar-refractivity contribution is 5.67. The molecule has 1 aromatic carbocycles. The molecule has 13 heavy (non-hydrogen) atoms. The average Bonchev–Trinajstić information content (AvgIpc) is 2.18. The summed E-state index contributed by atoms with van der Waals surface area (Å²) in [5, 5.41) is 0. The molecule has 0 saturated carbocycles. The normalized spacial score (nSPS) is 10.5. The van der Waals surface area contributed by atoms with Gasteiger partial charge in [-0.05, 0) is 35.4 Å². The second-order valence-electron chi connectivity index (χ2n) is 2.84. The van der Waals surface area contributed by atoms with Crippen molar-refractivity contribution in [2.45, 2.75) is 13.3 Å². The first-order valence-electron chi connectivity index (χ1n) is 4.46. The number of rotatable bonds is 3. The van der Waals surface area contributed by atoms with Crippen molar-refractivity contribution in [1.29, 1.82) is 0 Å². The van der Waals surface area contributed by atoms with Gasteiger partial charge in [0.15, 0.2) is 0 Å². The van der Waals surface area contributed by atoms with Gasteiger partial charge in [-0.2, -0.15) is 0 Å². The summed E-state index contributed by atoms with van der Waals surface area (Å²) in [7, 11) is 0. The Morgan fingerprint density at radius 3 is 2.77 bits per heavy atom. The zero-order chi connectivity index (χ0) is 9.68. The van der Waals surface area contributed by atoms with Crippen molar-refractivity contribution in [1.82, 2.24) is 0 Å².